The third kappa shape index (κ3) is 4.05. The number of aromatic nitrogens is 5. The van der Waals surface area contributed by atoms with Gasteiger partial charge < -0.3 is 36.4 Å². The Bertz CT molecular complexity index is 1480. The van der Waals surface area contributed by atoms with Crippen LogP contribution >= 0.6 is 0 Å². The molecule has 0 bridgehead atoms. The lowest BCUT2D eigenvalue weighted by Crippen LogP contribution is -2.63. The van der Waals surface area contributed by atoms with Gasteiger partial charge in [0.2, 0.25) is 5.91 Å². The zero-order valence-corrected chi connectivity index (χ0v) is 20.2. The third-order valence-corrected chi connectivity index (χ3v) is 7.17. The number of nitriles is 1. The van der Waals surface area contributed by atoms with Gasteiger partial charge in [-0.15, -0.1) is 0 Å². The number of amides is 2. The molecule has 38 heavy (non-hydrogen) atoms. The number of aliphatic hydroxyl groups is 4. The molecule has 0 aromatic carbocycles. The first-order valence-corrected chi connectivity index (χ1v) is 11.6. The van der Waals surface area contributed by atoms with Crippen molar-refractivity contribution >= 4 is 31.0 Å². The van der Waals surface area contributed by atoms with E-state index in [1.165, 1.54) is 15.6 Å². The first-order valence-electron chi connectivity index (χ1n) is 11.6. The van der Waals surface area contributed by atoms with Crippen LogP contribution in [0.4, 0.5) is 5.69 Å². The summed E-state index contributed by atoms with van der Waals surface area (Å²) >= 11 is 0. The molecule has 3 aromatic heterocycles. The maximum Gasteiger partial charge on any atom is 0.296 e. The minimum atomic E-state index is -3.75. The van der Waals surface area contributed by atoms with Crippen LogP contribution in [0.3, 0.4) is 0 Å². The number of fused-ring (bicyclic) bond motifs is 1. The Kier molecular flexibility index (Phi) is 5.73. The van der Waals surface area contributed by atoms with Gasteiger partial charge in [0.1, 0.15) is 18.8 Å². The number of rotatable bonds is 7. The van der Waals surface area contributed by atoms with Crippen molar-refractivity contribution in [2.75, 3.05) is 18.4 Å². The van der Waals surface area contributed by atoms with Crippen LogP contribution in [0.1, 0.15) is 23.2 Å². The SMILES string of the molecule is [B]C(O)(C1CN(C(=O)C2(C#N)CC2)CC1Nc1c(C(N)=O)cnn2cc(-c3cnn(C)c3)nc12)C(O)(O)O. The van der Waals surface area contributed by atoms with Gasteiger partial charge in [0.15, 0.2) is 5.65 Å². The molecule has 2 radical (unpaired) electrons. The molecule has 4 heterocycles. The van der Waals surface area contributed by atoms with Crippen LogP contribution in [-0.4, -0.2) is 100.0 Å². The van der Waals surface area contributed by atoms with Crippen LogP contribution in [-0.2, 0) is 11.8 Å². The highest BCUT2D eigenvalue weighted by Crippen LogP contribution is 2.48. The number of imidazole rings is 1. The van der Waals surface area contributed by atoms with E-state index in [0.29, 0.717) is 24.1 Å². The molecule has 1 aliphatic heterocycles. The Labute approximate surface area is 216 Å². The summed E-state index contributed by atoms with van der Waals surface area (Å²) in [7, 11) is 7.52. The van der Waals surface area contributed by atoms with Gasteiger partial charge in [-0.1, -0.05) is 0 Å². The second kappa shape index (κ2) is 8.50. The molecule has 3 atom stereocenters. The molecule has 2 fully saturated rings. The molecule has 3 aromatic rings. The zero-order chi connectivity index (χ0) is 27.6. The standard InChI is InChI=1S/C22H24BN9O6/c1-30-6-11(4-26-30)14-9-32-18(29-14)16(12(5-27-32)17(25)33)28-15-8-31(19(34)20(10-24)2-3-20)7-13(15)21(23,35)22(36,37)38/h4-6,9,13,15,28,35-38H,2-3,7-8H2,1H3,(H2,25,33). The van der Waals surface area contributed by atoms with E-state index in [1.54, 1.807) is 30.3 Å². The van der Waals surface area contributed by atoms with Crippen molar-refractivity contribution in [3.63, 3.8) is 0 Å². The second-order valence-electron chi connectivity index (χ2n) is 9.82. The van der Waals surface area contributed by atoms with Crippen molar-refractivity contribution in [3.8, 4) is 17.3 Å². The summed E-state index contributed by atoms with van der Waals surface area (Å²) in [6.07, 6.45) is 6.83. The van der Waals surface area contributed by atoms with Crippen molar-refractivity contribution in [1.29, 1.82) is 5.26 Å². The van der Waals surface area contributed by atoms with Crippen molar-refractivity contribution in [2.45, 2.75) is 30.4 Å². The summed E-state index contributed by atoms with van der Waals surface area (Å²) in [5.74, 6) is -6.51. The van der Waals surface area contributed by atoms with Gasteiger partial charge >= 0.3 is 0 Å². The van der Waals surface area contributed by atoms with Gasteiger partial charge in [-0.25, -0.2) is 9.50 Å². The zero-order valence-electron chi connectivity index (χ0n) is 20.2. The van der Waals surface area contributed by atoms with E-state index in [1.807, 2.05) is 6.07 Å². The predicted molar refractivity (Wildman–Crippen MR) is 129 cm³/mol. The molecule has 3 unspecified atom stereocenters. The van der Waals surface area contributed by atoms with Gasteiger partial charge in [-0.05, 0) is 12.8 Å². The maximum absolute atomic E-state index is 13.1. The van der Waals surface area contributed by atoms with Gasteiger partial charge in [0.25, 0.3) is 11.9 Å². The lowest BCUT2D eigenvalue weighted by Gasteiger charge is -2.40. The highest BCUT2D eigenvalue weighted by Gasteiger charge is 2.59. The predicted octanol–water partition coefficient (Wildman–Crippen LogP) is -2.74. The molecule has 2 aliphatic rings. The van der Waals surface area contributed by atoms with Gasteiger partial charge in [-0.3, -0.25) is 14.3 Å². The van der Waals surface area contributed by atoms with Crippen LogP contribution in [0, 0.1) is 22.7 Å². The van der Waals surface area contributed by atoms with Gasteiger partial charge in [-0.2, -0.15) is 15.5 Å². The lowest BCUT2D eigenvalue weighted by atomic mass is 9.67. The number of carbonyl (C=O) groups excluding carboxylic acids is 2. The average Bonchev–Trinajstić information content (AvgIpc) is 3.15. The van der Waals surface area contributed by atoms with Crippen LogP contribution in [0.25, 0.3) is 16.9 Å². The van der Waals surface area contributed by atoms with Crippen LogP contribution in [0.2, 0.25) is 0 Å². The number of aryl methyl sites for hydroxylation is 1. The number of nitrogens with zero attached hydrogens (tertiary/aromatic N) is 7. The van der Waals surface area contributed by atoms with Crippen molar-refractivity contribution < 1.29 is 30.0 Å². The Morgan fingerprint density at radius 1 is 1.21 bits per heavy atom. The number of hydrogen-bond acceptors (Lipinski definition) is 11. The highest BCUT2D eigenvalue weighted by atomic mass is 16.7. The molecule has 16 heteroatoms. The molecule has 0 spiro atoms. The summed E-state index contributed by atoms with van der Waals surface area (Å²) in [5, 5.41) is 61.0. The lowest BCUT2D eigenvalue weighted by molar-refractivity contribution is -0.377. The van der Waals surface area contributed by atoms with Gasteiger partial charge in [0.05, 0.1) is 47.6 Å². The molecule has 5 rings (SSSR count). The smallest absolute Gasteiger partial charge is 0.296 e. The van der Waals surface area contributed by atoms with E-state index in [-0.39, 0.29) is 30.0 Å². The molecule has 2 amide bonds. The summed E-state index contributed by atoms with van der Waals surface area (Å²) in [6.45, 7) is -0.496. The fourth-order valence-corrected chi connectivity index (χ4v) is 4.75. The first kappa shape index (κ1) is 25.6. The number of nitrogens with two attached hydrogens (primary N) is 1. The average molecular weight is 521 g/mol. The Morgan fingerprint density at radius 2 is 1.92 bits per heavy atom. The first-order chi connectivity index (χ1) is 17.8. The quantitative estimate of drug-likeness (QED) is 0.138. The Hall–Kier alpha value is -4.04. The van der Waals surface area contributed by atoms with E-state index >= 15 is 0 Å². The molecule has 7 N–H and O–H groups in total. The number of anilines is 1. The molecule has 196 valence electrons. The van der Waals surface area contributed by atoms with E-state index in [4.69, 9.17) is 13.6 Å². The highest BCUT2D eigenvalue weighted by molar-refractivity contribution is 6.15. The van der Waals surface area contributed by atoms with Crippen molar-refractivity contribution in [2.24, 2.45) is 24.1 Å². The normalized spacial score (nSPS) is 22.2. The molecule has 1 saturated carbocycles. The van der Waals surface area contributed by atoms with E-state index < -0.39 is 40.7 Å². The van der Waals surface area contributed by atoms with E-state index in [2.05, 4.69) is 20.5 Å². The third-order valence-electron chi connectivity index (χ3n) is 7.17. The molecular weight excluding hydrogens is 497 g/mol. The molecule has 15 nitrogen and oxygen atoms in total. The molecule has 1 aliphatic carbocycles. The monoisotopic (exact) mass is 521 g/mol. The summed E-state index contributed by atoms with van der Waals surface area (Å²) in [6, 6.07) is 0.944. The largest absolute Gasteiger partial charge is 0.391 e. The molecular formula is C22H24BN9O6. The number of carbonyl (C=O) groups is 2. The van der Waals surface area contributed by atoms with E-state index in [9.17, 15) is 35.3 Å². The maximum atomic E-state index is 13.1. The fourth-order valence-electron chi connectivity index (χ4n) is 4.75. The summed E-state index contributed by atoms with van der Waals surface area (Å²) in [4.78, 5) is 31.2. The van der Waals surface area contributed by atoms with Gasteiger partial charge in [0, 0.05) is 37.8 Å². The van der Waals surface area contributed by atoms with E-state index in [0.717, 1.165) is 0 Å². The molecule has 1 saturated heterocycles. The minimum Gasteiger partial charge on any atom is -0.391 e. The minimum absolute atomic E-state index is 0.0728. The number of primary amides is 1. The Morgan fingerprint density at radius 3 is 2.47 bits per heavy atom. The van der Waals surface area contributed by atoms with Crippen molar-refractivity contribution in [1.82, 2.24) is 29.3 Å². The van der Waals surface area contributed by atoms with Crippen molar-refractivity contribution in [3.05, 3.63) is 30.4 Å². The second-order valence-corrected chi connectivity index (χ2v) is 9.82. The summed E-state index contributed by atoms with van der Waals surface area (Å²) < 4.78 is 2.96. The Balaban J connectivity index is 1.57. The number of hydrogen-bond donors (Lipinski definition) is 6. The topological polar surface area (TPSA) is 228 Å². The number of likely N-dealkylation sites (tertiary alicyclic amines) is 1. The van der Waals surface area contributed by atoms with Crippen LogP contribution in [0.5, 0.6) is 0 Å². The summed E-state index contributed by atoms with van der Waals surface area (Å²) in [5.41, 5.74) is 2.63. The van der Waals surface area contributed by atoms with Crippen LogP contribution < -0.4 is 11.1 Å². The fraction of sp³-hybridized carbons (Fsp3) is 0.455. The number of nitrogens with one attached hydrogen (secondary N) is 1. The van der Waals surface area contributed by atoms with Crippen LogP contribution in [0.15, 0.2) is 24.8 Å².